The van der Waals surface area contributed by atoms with Gasteiger partial charge < -0.3 is 5.32 Å². The normalized spacial score (nSPS) is 12.0. The summed E-state index contributed by atoms with van der Waals surface area (Å²) in [6, 6.07) is 18.2. The Morgan fingerprint density at radius 1 is 1.04 bits per heavy atom. The molecule has 0 aliphatic carbocycles. The van der Waals surface area contributed by atoms with Crippen molar-refractivity contribution in [1.82, 2.24) is 15.1 Å². The van der Waals surface area contributed by atoms with Gasteiger partial charge >= 0.3 is 0 Å². The van der Waals surface area contributed by atoms with E-state index in [1.165, 1.54) is 5.56 Å². The Bertz CT molecular complexity index is 908. The van der Waals surface area contributed by atoms with Crippen LogP contribution in [0.25, 0.3) is 0 Å². The lowest BCUT2D eigenvalue weighted by Crippen LogP contribution is -2.28. The Kier molecular flexibility index (Phi) is 5.75. The molecular weight excluding hydrogens is 334 g/mol. The summed E-state index contributed by atoms with van der Waals surface area (Å²) in [6.07, 6.45) is 0.852. The Morgan fingerprint density at radius 2 is 1.70 bits per heavy atom. The Labute approximate surface area is 161 Å². The van der Waals surface area contributed by atoms with E-state index >= 15 is 0 Å². The number of hydrogen-bond donors (Lipinski definition) is 1. The topological polar surface area (TPSA) is 46.9 Å². The van der Waals surface area contributed by atoms with Crippen LogP contribution in [-0.2, 0) is 6.54 Å². The van der Waals surface area contributed by atoms with Gasteiger partial charge in [-0.25, -0.2) is 0 Å². The molecule has 0 spiro atoms. The number of amides is 1. The number of aromatic nitrogens is 2. The first-order valence-electron chi connectivity index (χ1n) is 9.43. The number of hydrogen-bond acceptors (Lipinski definition) is 2. The van der Waals surface area contributed by atoms with Gasteiger partial charge in [-0.3, -0.25) is 9.48 Å². The van der Waals surface area contributed by atoms with Crippen molar-refractivity contribution in [3.05, 3.63) is 88.2 Å². The Hall–Kier alpha value is -2.88. The lowest BCUT2D eigenvalue weighted by Gasteiger charge is -2.18. The maximum atomic E-state index is 12.7. The largest absolute Gasteiger partial charge is 0.345 e. The molecule has 3 aromatic rings. The van der Waals surface area contributed by atoms with Crippen LogP contribution in [-0.4, -0.2) is 15.7 Å². The van der Waals surface area contributed by atoms with Gasteiger partial charge in [0.1, 0.15) is 0 Å². The summed E-state index contributed by atoms with van der Waals surface area (Å²) in [6.45, 7) is 8.91. The number of rotatable bonds is 6. The molecule has 0 unspecified atom stereocenters. The lowest BCUT2D eigenvalue weighted by molar-refractivity contribution is 0.0935. The quantitative estimate of drug-likeness (QED) is 0.689. The highest BCUT2D eigenvalue weighted by Gasteiger charge is 2.14. The van der Waals surface area contributed by atoms with E-state index in [-0.39, 0.29) is 11.9 Å². The minimum absolute atomic E-state index is 0.0208. The van der Waals surface area contributed by atoms with Gasteiger partial charge in [-0.15, -0.1) is 0 Å². The zero-order valence-corrected chi connectivity index (χ0v) is 16.5. The molecular formula is C23H27N3O. The minimum Gasteiger partial charge on any atom is -0.345 e. The van der Waals surface area contributed by atoms with E-state index in [9.17, 15) is 4.79 Å². The molecule has 0 saturated heterocycles. The van der Waals surface area contributed by atoms with Crippen LogP contribution >= 0.6 is 0 Å². The fraction of sp³-hybridized carbons (Fsp3) is 0.304. The Balaban J connectivity index is 1.67. The SMILES string of the molecule is CC[C@H](NC(=O)c1ccc(Cn2nc(C)cc2C)cc1)c1ccc(C)cc1. The van der Waals surface area contributed by atoms with Crippen LogP contribution in [0.15, 0.2) is 54.6 Å². The van der Waals surface area contributed by atoms with Crippen molar-refractivity contribution >= 4 is 5.91 Å². The van der Waals surface area contributed by atoms with Crippen LogP contribution in [0.1, 0.15) is 57.8 Å². The standard InChI is InChI=1S/C23H27N3O/c1-5-22(20-10-6-16(2)7-11-20)24-23(27)21-12-8-19(9-13-21)15-26-18(4)14-17(3)25-26/h6-14,22H,5,15H2,1-4H3,(H,24,27)/t22-/m0/s1. The van der Waals surface area contributed by atoms with E-state index in [1.54, 1.807) is 0 Å². The average Bonchev–Trinajstić information content (AvgIpc) is 2.98. The fourth-order valence-corrected chi connectivity index (χ4v) is 3.23. The van der Waals surface area contributed by atoms with E-state index in [1.807, 2.05) is 35.9 Å². The highest BCUT2D eigenvalue weighted by molar-refractivity contribution is 5.94. The van der Waals surface area contributed by atoms with Crippen molar-refractivity contribution < 1.29 is 4.79 Å². The molecule has 0 saturated carbocycles. The summed E-state index contributed by atoms with van der Waals surface area (Å²) in [7, 11) is 0. The first-order valence-corrected chi connectivity index (χ1v) is 9.43. The number of aryl methyl sites for hydroxylation is 3. The van der Waals surface area contributed by atoms with Crippen LogP contribution in [0.3, 0.4) is 0 Å². The summed E-state index contributed by atoms with van der Waals surface area (Å²) < 4.78 is 1.98. The molecule has 1 heterocycles. The molecule has 3 rings (SSSR count). The molecule has 0 bridgehead atoms. The molecule has 0 aliphatic rings. The predicted octanol–water partition coefficient (Wildman–Crippen LogP) is 4.74. The molecule has 2 aromatic carbocycles. The van der Waals surface area contributed by atoms with Crippen molar-refractivity contribution in [2.45, 2.75) is 46.7 Å². The zero-order valence-electron chi connectivity index (χ0n) is 16.5. The Morgan fingerprint density at radius 3 is 2.26 bits per heavy atom. The number of carbonyl (C=O) groups is 1. The predicted molar refractivity (Wildman–Crippen MR) is 109 cm³/mol. The van der Waals surface area contributed by atoms with Gasteiger partial charge in [-0.2, -0.15) is 5.10 Å². The van der Waals surface area contributed by atoms with Crippen molar-refractivity contribution in [2.75, 3.05) is 0 Å². The maximum Gasteiger partial charge on any atom is 0.251 e. The monoisotopic (exact) mass is 361 g/mol. The molecule has 27 heavy (non-hydrogen) atoms. The van der Waals surface area contributed by atoms with Crippen LogP contribution in [0.5, 0.6) is 0 Å². The molecule has 1 N–H and O–H groups in total. The second kappa shape index (κ2) is 8.21. The highest BCUT2D eigenvalue weighted by atomic mass is 16.1. The van der Waals surface area contributed by atoms with E-state index in [2.05, 4.69) is 61.5 Å². The van der Waals surface area contributed by atoms with Gasteiger partial charge in [0.05, 0.1) is 18.3 Å². The van der Waals surface area contributed by atoms with E-state index in [4.69, 9.17) is 0 Å². The average molecular weight is 361 g/mol. The van der Waals surface area contributed by atoms with Gasteiger partial charge in [-0.1, -0.05) is 48.9 Å². The minimum atomic E-state index is -0.0416. The van der Waals surface area contributed by atoms with Gasteiger partial charge in [0, 0.05) is 11.3 Å². The molecule has 0 aliphatic heterocycles. The van der Waals surface area contributed by atoms with Gasteiger partial charge in [0.25, 0.3) is 5.91 Å². The summed E-state index contributed by atoms with van der Waals surface area (Å²) in [5.74, 6) is -0.0416. The number of carbonyl (C=O) groups excluding carboxylic acids is 1. The molecule has 1 atom stereocenters. The van der Waals surface area contributed by atoms with Gasteiger partial charge in [-0.05, 0) is 56.5 Å². The molecule has 4 nitrogen and oxygen atoms in total. The third-order valence-corrected chi connectivity index (χ3v) is 4.85. The fourth-order valence-electron chi connectivity index (χ4n) is 3.23. The molecule has 4 heteroatoms. The summed E-state index contributed by atoms with van der Waals surface area (Å²) in [4.78, 5) is 12.7. The maximum absolute atomic E-state index is 12.7. The van der Waals surface area contributed by atoms with Crippen molar-refractivity contribution in [3.63, 3.8) is 0 Å². The van der Waals surface area contributed by atoms with E-state index < -0.39 is 0 Å². The molecule has 1 aromatic heterocycles. The van der Waals surface area contributed by atoms with Crippen molar-refractivity contribution in [3.8, 4) is 0 Å². The van der Waals surface area contributed by atoms with Crippen LogP contribution in [0, 0.1) is 20.8 Å². The number of benzene rings is 2. The second-order valence-electron chi connectivity index (χ2n) is 7.13. The molecule has 1 amide bonds. The summed E-state index contributed by atoms with van der Waals surface area (Å²) in [5, 5.41) is 7.63. The molecule has 0 radical (unpaired) electrons. The van der Waals surface area contributed by atoms with E-state index in [0.717, 1.165) is 28.9 Å². The second-order valence-corrected chi connectivity index (χ2v) is 7.13. The lowest BCUT2D eigenvalue weighted by atomic mass is 10.0. The first kappa shape index (κ1) is 18.9. The summed E-state index contributed by atoms with van der Waals surface area (Å²) in [5.41, 5.74) is 6.32. The zero-order chi connectivity index (χ0) is 19.4. The molecule has 0 fully saturated rings. The third kappa shape index (κ3) is 4.64. The highest BCUT2D eigenvalue weighted by Crippen LogP contribution is 2.18. The number of nitrogens with one attached hydrogen (secondary N) is 1. The van der Waals surface area contributed by atoms with Crippen molar-refractivity contribution in [1.29, 1.82) is 0 Å². The van der Waals surface area contributed by atoms with Gasteiger partial charge in [0.15, 0.2) is 0 Å². The first-order chi connectivity index (χ1) is 13.0. The van der Waals surface area contributed by atoms with E-state index in [0.29, 0.717) is 12.1 Å². The van der Waals surface area contributed by atoms with Crippen LogP contribution in [0.4, 0.5) is 0 Å². The van der Waals surface area contributed by atoms with Crippen LogP contribution < -0.4 is 5.32 Å². The third-order valence-electron chi connectivity index (χ3n) is 4.85. The smallest absolute Gasteiger partial charge is 0.251 e. The van der Waals surface area contributed by atoms with Gasteiger partial charge in [0.2, 0.25) is 0 Å². The van der Waals surface area contributed by atoms with Crippen LogP contribution in [0.2, 0.25) is 0 Å². The number of nitrogens with zero attached hydrogens (tertiary/aromatic N) is 2. The molecule has 140 valence electrons. The van der Waals surface area contributed by atoms with Crippen molar-refractivity contribution in [2.24, 2.45) is 0 Å². The summed E-state index contributed by atoms with van der Waals surface area (Å²) >= 11 is 0.